The van der Waals surface area contributed by atoms with Crippen LogP contribution in [-0.2, 0) is 4.79 Å². The van der Waals surface area contributed by atoms with E-state index in [-0.39, 0.29) is 5.78 Å². The van der Waals surface area contributed by atoms with Crippen LogP contribution in [0.3, 0.4) is 0 Å². The topological polar surface area (TPSA) is 17.1 Å². The van der Waals surface area contributed by atoms with Crippen LogP contribution in [0, 0.1) is 0 Å². The van der Waals surface area contributed by atoms with Gasteiger partial charge in [-0.25, -0.2) is 0 Å². The molecular formula is C15H12OS3. The van der Waals surface area contributed by atoms with Crippen molar-refractivity contribution in [2.75, 3.05) is 11.5 Å². The van der Waals surface area contributed by atoms with Crippen LogP contribution in [0.2, 0.25) is 0 Å². The molecule has 1 aliphatic rings. The minimum absolute atomic E-state index is 0.205. The lowest BCUT2D eigenvalue weighted by Crippen LogP contribution is -2.15. The minimum Gasteiger partial charge on any atom is -0.289 e. The first kappa shape index (κ1) is 12.9. The minimum atomic E-state index is 0.205. The zero-order valence-corrected chi connectivity index (χ0v) is 12.6. The molecule has 0 radical (unpaired) electrons. The number of carbonyl (C=O) groups is 1. The van der Waals surface area contributed by atoms with Crippen LogP contribution in [-0.4, -0.2) is 17.3 Å². The number of Topliss-reactive ketones (excluding diaryl/α,β-unsaturated/α-hetero) is 1. The maximum atomic E-state index is 12.4. The second-order valence-corrected chi connectivity index (χ2v) is 6.82. The van der Waals surface area contributed by atoms with E-state index in [2.05, 4.69) is 10.8 Å². The number of thiophene rings is 2. The maximum Gasteiger partial charge on any atom is 0.186 e. The van der Waals surface area contributed by atoms with E-state index in [4.69, 9.17) is 0 Å². The predicted molar refractivity (Wildman–Crippen MR) is 86.9 cm³/mol. The van der Waals surface area contributed by atoms with Gasteiger partial charge in [0.05, 0.1) is 0 Å². The molecule has 2 aromatic rings. The molecule has 19 heavy (non-hydrogen) atoms. The lowest BCUT2D eigenvalue weighted by Gasteiger charge is -2.15. The van der Waals surface area contributed by atoms with Gasteiger partial charge in [0.1, 0.15) is 0 Å². The van der Waals surface area contributed by atoms with Gasteiger partial charge in [0.25, 0.3) is 0 Å². The Kier molecular flexibility index (Phi) is 4.01. The van der Waals surface area contributed by atoms with Gasteiger partial charge in [-0.3, -0.25) is 4.79 Å². The number of thioether (sulfide) groups is 1. The molecular weight excluding hydrogens is 292 g/mol. The summed E-state index contributed by atoms with van der Waals surface area (Å²) < 4.78 is 0. The summed E-state index contributed by atoms with van der Waals surface area (Å²) in [6.07, 6.45) is 4.04. The molecule has 0 unspecified atom stereocenters. The van der Waals surface area contributed by atoms with E-state index in [0.717, 1.165) is 33.8 Å². The maximum absolute atomic E-state index is 12.4. The summed E-state index contributed by atoms with van der Waals surface area (Å²) in [5, 5.41) is 8.22. The van der Waals surface area contributed by atoms with Gasteiger partial charge in [0.2, 0.25) is 0 Å². The van der Waals surface area contributed by atoms with Gasteiger partial charge in [-0.05, 0) is 56.9 Å². The Morgan fingerprint density at radius 1 is 0.895 bits per heavy atom. The third-order valence-corrected chi connectivity index (χ3v) is 5.30. The molecule has 3 heterocycles. The molecule has 0 aliphatic carbocycles. The van der Waals surface area contributed by atoms with Crippen LogP contribution in [0.5, 0.6) is 0 Å². The first-order valence-corrected chi connectivity index (χ1v) is 8.95. The van der Waals surface area contributed by atoms with Crippen molar-refractivity contribution in [2.45, 2.75) is 0 Å². The third-order valence-electron chi connectivity index (χ3n) is 2.87. The second kappa shape index (κ2) is 5.90. The summed E-state index contributed by atoms with van der Waals surface area (Å²) in [6, 6.07) is 4.10. The molecule has 2 aromatic heterocycles. The zero-order valence-electron chi connectivity index (χ0n) is 10.2. The normalized spacial score (nSPS) is 20.3. The van der Waals surface area contributed by atoms with Crippen molar-refractivity contribution in [3.05, 3.63) is 55.9 Å². The van der Waals surface area contributed by atoms with Crippen LogP contribution in [0.1, 0.15) is 11.1 Å². The Morgan fingerprint density at radius 3 is 1.84 bits per heavy atom. The molecule has 0 bridgehead atoms. The second-order valence-electron chi connectivity index (χ2n) is 4.27. The van der Waals surface area contributed by atoms with E-state index in [1.165, 1.54) is 0 Å². The van der Waals surface area contributed by atoms with E-state index in [0.29, 0.717) is 0 Å². The van der Waals surface area contributed by atoms with E-state index in [1.54, 1.807) is 22.7 Å². The van der Waals surface area contributed by atoms with E-state index < -0.39 is 0 Å². The fraction of sp³-hybridized carbons (Fsp3) is 0.133. The number of ketones is 1. The average molecular weight is 304 g/mol. The summed E-state index contributed by atoms with van der Waals surface area (Å²) in [5.74, 6) is 1.84. The molecule has 0 atom stereocenters. The highest BCUT2D eigenvalue weighted by Crippen LogP contribution is 2.27. The monoisotopic (exact) mass is 304 g/mol. The van der Waals surface area contributed by atoms with E-state index in [1.807, 2.05) is 46.8 Å². The molecule has 0 saturated carbocycles. The summed E-state index contributed by atoms with van der Waals surface area (Å²) in [4.78, 5) is 12.4. The van der Waals surface area contributed by atoms with Crippen molar-refractivity contribution in [1.29, 1.82) is 0 Å². The van der Waals surface area contributed by atoms with Gasteiger partial charge in [-0.2, -0.15) is 34.4 Å². The highest BCUT2D eigenvalue weighted by molar-refractivity contribution is 7.99. The molecule has 1 nitrogen and oxygen atoms in total. The smallest absolute Gasteiger partial charge is 0.186 e. The Hall–Kier alpha value is -1.10. The predicted octanol–water partition coefficient (Wildman–Crippen LogP) is 4.59. The number of carbonyl (C=O) groups excluding carboxylic acids is 1. The molecule has 4 heteroatoms. The Morgan fingerprint density at radius 2 is 1.42 bits per heavy atom. The molecule has 0 spiro atoms. The summed E-state index contributed by atoms with van der Waals surface area (Å²) in [5.41, 5.74) is 4.09. The van der Waals surface area contributed by atoms with Crippen LogP contribution in [0.4, 0.5) is 0 Å². The van der Waals surface area contributed by atoms with E-state index >= 15 is 0 Å². The lowest BCUT2D eigenvalue weighted by atomic mass is 10.0. The first-order valence-electron chi connectivity index (χ1n) is 5.91. The molecule has 1 aliphatic heterocycles. The van der Waals surface area contributed by atoms with Crippen LogP contribution in [0.25, 0.3) is 12.2 Å². The Labute approximate surface area is 124 Å². The molecule has 0 aromatic carbocycles. The molecule has 3 rings (SSSR count). The number of hydrogen-bond donors (Lipinski definition) is 0. The SMILES string of the molecule is O=C1/C(=C/c2ccsc2)CSC/C1=C\c1ccsc1. The zero-order chi connectivity index (χ0) is 13.1. The number of rotatable bonds is 2. The van der Waals surface area contributed by atoms with Gasteiger partial charge in [0, 0.05) is 22.7 Å². The molecule has 96 valence electrons. The standard InChI is InChI=1S/C15H12OS3/c16-15-13(5-11-1-3-17-7-11)9-19-10-14(15)6-12-2-4-18-8-12/h1-8H,9-10H2/b13-5+,14-6+. The summed E-state index contributed by atoms with van der Waals surface area (Å²) in [7, 11) is 0. The van der Waals surface area contributed by atoms with Gasteiger partial charge in [0.15, 0.2) is 5.78 Å². The van der Waals surface area contributed by atoms with Gasteiger partial charge >= 0.3 is 0 Å². The first-order chi connectivity index (χ1) is 9.33. The molecule has 0 amide bonds. The number of hydrogen-bond acceptors (Lipinski definition) is 4. The van der Waals surface area contributed by atoms with Crippen molar-refractivity contribution in [3.63, 3.8) is 0 Å². The summed E-state index contributed by atoms with van der Waals surface area (Å²) >= 11 is 5.12. The van der Waals surface area contributed by atoms with Gasteiger partial charge in [-0.1, -0.05) is 0 Å². The highest BCUT2D eigenvalue weighted by atomic mass is 32.2. The Bertz CT molecular complexity index is 564. The fourth-order valence-electron chi connectivity index (χ4n) is 1.94. The van der Waals surface area contributed by atoms with Crippen molar-refractivity contribution in [3.8, 4) is 0 Å². The van der Waals surface area contributed by atoms with Gasteiger partial charge in [-0.15, -0.1) is 0 Å². The van der Waals surface area contributed by atoms with Gasteiger partial charge < -0.3 is 0 Å². The van der Waals surface area contributed by atoms with E-state index in [9.17, 15) is 4.79 Å². The molecule has 0 N–H and O–H groups in total. The van der Waals surface area contributed by atoms with Crippen LogP contribution >= 0.6 is 34.4 Å². The van der Waals surface area contributed by atoms with Crippen molar-refractivity contribution in [2.24, 2.45) is 0 Å². The average Bonchev–Trinajstić information content (AvgIpc) is 3.07. The third kappa shape index (κ3) is 3.08. The van der Waals surface area contributed by atoms with Crippen LogP contribution < -0.4 is 0 Å². The fourth-order valence-corrected chi connectivity index (χ4v) is 4.15. The van der Waals surface area contributed by atoms with Crippen molar-refractivity contribution < 1.29 is 4.79 Å². The Balaban J connectivity index is 1.87. The lowest BCUT2D eigenvalue weighted by molar-refractivity contribution is -0.112. The van der Waals surface area contributed by atoms with Crippen molar-refractivity contribution >= 4 is 52.4 Å². The summed E-state index contributed by atoms with van der Waals surface area (Å²) in [6.45, 7) is 0. The molecule has 1 fully saturated rings. The quantitative estimate of drug-likeness (QED) is 0.755. The highest BCUT2D eigenvalue weighted by Gasteiger charge is 2.20. The molecule has 1 saturated heterocycles. The van der Waals surface area contributed by atoms with Crippen molar-refractivity contribution in [1.82, 2.24) is 0 Å². The largest absolute Gasteiger partial charge is 0.289 e. The van der Waals surface area contributed by atoms with Crippen LogP contribution in [0.15, 0.2) is 44.8 Å².